The number of ether oxygens (including phenoxy) is 1. The highest BCUT2D eigenvalue weighted by Gasteiger charge is 2.01. The first-order chi connectivity index (χ1) is 10.7. The molecule has 132 valence electrons. The van der Waals surface area contributed by atoms with Gasteiger partial charge in [-0.25, -0.2) is 0 Å². The number of methoxy groups -OCH3 is 1. The molecule has 0 aliphatic carbocycles. The zero-order valence-corrected chi connectivity index (χ0v) is 17.1. The predicted octanol–water partition coefficient (Wildman–Crippen LogP) is 2.25. The van der Waals surface area contributed by atoms with Crippen LogP contribution in [0, 0.1) is 6.92 Å². The second kappa shape index (κ2) is 13.6. The van der Waals surface area contributed by atoms with Crippen LogP contribution in [0.25, 0.3) is 0 Å². The van der Waals surface area contributed by atoms with E-state index < -0.39 is 0 Å². The van der Waals surface area contributed by atoms with Crippen LogP contribution >= 0.6 is 24.0 Å². The normalized spacial score (nSPS) is 11.3. The first kappa shape index (κ1) is 22.1. The van der Waals surface area contributed by atoms with Crippen molar-refractivity contribution in [2.45, 2.75) is 19.9 Å². The molecule has 23 heavy (non-hydrogen) atoms. The van der Waals surface area contributed by atoms with E-state index in [-0.39, 0.29) is 24.0 Å². The van der Waals surface area contributed by atoms with Gasteiger partial charge in [-0.05, 0) is 38.1 Å². The molecule has 0 unspecified atom stereocenters. The second-order valence-electron chi connectivity index (χ2n) is 5.43. The Labute approximate surface area is 157 Å². The first-order valence-electron chi connectivity index (χ1n) is 7.84. The van der Waals surface area contributed by atoms with E-state index in [9.17, 15) is 0 Å². The molecule has 0 aliphatic heterocycles. The minimum Gasteiger partial charge on any atom is -0.383 e. The molecule has 0 spiro atoms. The van der Waals surface area contributed by atoms with Crippen molar-refractivity contribution in [2.75, 3.05) is 47.4 Å². The van der Waals surface area contributed by atoms with Crippen LogP contribution in [0.15, 0.2) is 29.3 Å². The number of hydrogen-bond donors (Lipinski definition) is 2. The lowest BCUT2D eigenvalue weighted by Gasteiger charge is -2.17. The highest BCUT2D eigenvalue weighted by atomic mass is 127. The Kier molecular flexibility index (Phi) is 13.1. The van der Waals surface area contributed by atoms with Gasteiger partial charge in [0, 0.05) is 33.8 Å². The third-order valence-corrected chi connectivity index (χ3v) is 3.62. The molecule has 0 bridgehead atoms. The number of likely N-dealkylation sites (N-methyl/N-ethyl adjacent to an activating group) is 1. The number of aryl methyl sites for hydroxylation is 1. The lowest BCUT2D eigenvalue weighted by Crippen LogP contribution is -2.38. The Balaban J connectivity index is 0.00000484. The average Bonchev–Trinajstić information content (AvgIpc) is 2.53. The topological polar surface area (TPSA) is 48.9 Å². The quantitative estimate of drug-likeness (QED) is 0.271. The average molecular weight is 434 g/mol. The summed E-state index contributed by atoms with van der Waals surface area (Å²) in [4.78, 5) is 6.53. The van der Waals surface area contributed by atoms with Crippen LogP contribution in [0.3, 0.4) is 0 Å². The molecule has 0 amide bonds. The summed E-state index contributed by atoms with van der Waals surface area (Å²) in [7, 11) is 5.65. The van der Waals surface area contributed by atoms with Gasteiger partial charge in [0.1, 0.15) is 0 Å². The molecule has 0 aromatic heterocycles. The third kappa shape index (κ3) is 9.78. The molecule has 0 radical (unpaired) electrons. The molecule has 1 rings (SSSR count). The number of halogens is 1. The van der Waals surface area contributed by atoms with Crippen LogP contribution in [-0.2, 0) is 11.3 Å². The summed E-state index contributed by atoms with van der Waals surface area (Å²) in [5, 5.41) is 6.71. The summed E-state index contributed by atoms with van der Waals surface area (Å²) in [6.45, 7) is 6.62. The fourth-order valence-electron chi connectivity index (χ4n) is 2.12. The van der Waals surface area contributed by atoms with Crippen LogP contribution in [0.4, 0.5) is 0 Å². The molecule has 6 heteroatoms. The van der Waals surface area contributed by atoms with Crippen LogP contribution < -0.4 is 10.6 Å². The van der Waals surface area contributed by atoms with Crippen molar-refractivity contribution in [3.8, 4) is 0 Å². The highest BCUT2D eigenvalue weighted by Crippen LogP contribution is 2.05. The predicted molar refractivity (Wildman–Crippen MR) is 109 cm³/mol. The monoisotopic (exact) mass is 434 g/mol. The van der Waals surface area contributed by atoms with Crippen molar-refractivity contribution in [3.63, 3.8) is 0 Å². The van der Waals surface area contributed by atoms with Crippen molar-refractivity contribution < 1.29 is 4.74 Å². The lowest BCUT2D eigenvalue weighted by molar-refractivity contribution is 0.161. The first-order valence-corrected chi connectivity index (χ1v) is 7.84. The van der Waals surface area contributed by atoms with Crippen LogP contribution in [0.5, 0.6) is 0 Å². The molecular formula is C17H31IN4O. The Morgan fingerprint density at radius 2 is 1.96 bits per heavy atom. The molecular weight excluding hydrogens is 403 g/mol. The van der Waals surface area contributed by atoms with Crippen molar-refractivity contribution in [2.24, 2.45) is 4.99 Å². The zero-order chi connectivity index (χ0) is 16.2. The second-order valence-corrected chi connectivity index (χ2v) is 5.43. The maximum absolute atomic E-state index is 5.07. The Bertz CT molecular complexity index is 454. The fourth-order valence-corrected chi connectivity index (χ4v) is 2.12. The SMILES string of the molecule is CN=C(NCCCN(C)CCOC)NCc1ccccc1C.I. The third-order valence-electron chi connectivity index (χ3n) is 3.62. The van der Waals surface area contributed by atoms with Gasteiger partial charge in [-0.15, -0.1) is 24.0 Å². The smallest absolute Gasteiger partial charge is 0.191 e. The van der Waals surface area contributed by atoms with Crippen molar-refractivity contribution in [3.05, 3.63) is 35.4 Å². The van der Waals surface area contributed by atoms with Gasteiger partial charge < -0.3 is 20.3 Å². The van der Waals surface area contributed by atoms with E-state index in [0.29, 0.717) is 0 Å². The summed E-state index contributed by atoms with van der Waals surface area (Å²) in [6, 6.07) is 8.39. The van der Waals surface area contributed by atoms with Crippen LogP contribution in [0.2, 0.25) is 0 Å². The molecule has 2 N–H and O–H groups in total. The number of nitrogens with zero attached hydrogens (tertiary/aromatic N) is 2. The van der Waals surface area contributed by atoms with E-state index in [1.54, 1.807) is 14.2 Å². The minimum absolute atomic E-state index is 0. The molecule has 5 nitrogen and oxygen atoms in total. The van der Waals surface area contributed by atoms with E-state index >= 15 is 0 Å². The van der Waals surface area contributed by atoms with Crippen LogP contribution in [0.1, 0.15) is 17.5 Å². The molecule has 0 saturated carbocycles. The van der Waals surface area contributed by atoms with E-state index in [2.05, 4.69) is 58.8 Å². The lowest BCUT2D eigenvalue weighted by atomic mass is 10.1. The molecule has 0 saturated heterocycles. The number of nitrogens with one attached hydrogen (secondary N) is 2. The van der Waals surface area contributed by atoms with Crippen LogP contribution in [-0.4, -0.2) is 58.3 Å². The molecule has 0 fully saturated rings. The van der Waals surface area contributed by atoms with E-state index in [0.717, 1.165) is 45.2 Å². The molecule has 1 aromatic carbocycles. The maximum Gasteiger partial charge on any atom is 0.191 e. The largest absolute Gasteiger partial charge is 0.383 e. The van der Waals surface area contributed by atoms with E-state index in [4.69, 9.17) is 4.74 Å². The molecule has 0 aliphatic rings. The van der Waals surface area contributed by atoms with Gasteiger partial charge in [0.2, 0.25) is 0 Å². The van der Waals surface area contributed by atoms with E-state index in [1.807, 2.05) is 0 Å². The number of benzene rings is 1. The van der Waals surface area contributed by atoms with Crippen molar-refractivity contribution in [1.29, 1.82) is 0 Å². The van der Waals surface area contributed by atoms with Gasteiger partial charge in [0.05, 0.1) is 6.61 Å². The van der Waals surface area contributed by atoms with Crippen molar-refractivity contribution in [1.82, 2.24) is 15.5 Å². The van der Waals surface area contributed by atoms with Crippen molar-refractivity contribution >= 4 is 29.9 Å². The number of guanidine groups is 1. The number of aliphatic imine (C=N–C) groups is 1. The minimum atomic E-state index is 0. The Hall–Kier alpha value is -0.860. The standard InChI is InChI=1S/C17H30N4O.HI/c1-15-8-5-6-9-16(15)14-20-17(18-2)19-10-7-11-21(3)12-13-22-4;/h5-6,8-9H,7,10-14H2,1-4H3,(H2,18,19,20);1H. The maximum atomic E-state index is 5.07. The molecule has 0 heterocycles. The van der Waals surface area contributed by atoms with Gasteiger partial charge in [-0.1, -0.05) is 24.3 Å². The summed E-state index contributed by atoms with van der Waals surface area (Å²) >= 11 is 0. The number of hydrogen-bond acceptors (Lipinski definition) is 3. The van der Waals surface area contributed by atoms with Gasteiger partial charge in [-0.2, -0.15) is 0 Å². The van der Waals surface area contributed by atoms with Gasteiger partial charge in [0.15, 0.2) is 5.96 Å². The van der Waals surface area contributed by atoms with Gasteiger partial charge in [0.25, 0.3) is 0 Å². The zero-order valence-electron chi connectivity index (χ0n) is 14.8. The summed E-state index contributed by atoms with van der Waals surface area (Å²) < 4.78 is 5.07. The van der Waals surface area contributed by atoms with Gasteiger partial charge >= 0.3 is 0 Å². The fraction of sp³-hybridized carbons (Fsp3) is 0.588. The summed E-state index contributed by atoms with van der Waals surface area (Å²) in [6.07, 6.45) is 1.07. The summed E-state index contributed by atoms with van der Waals surface area (Å²) in [5.74, 6) is 0.850. The van der Waals surface area contributed by atoms with Gasteiger partial charge in [-0.3, -0.25) is 4.99 Å². The molecule has 1 aromatic rings. The molecule has 0 atom stereocenters. The Morgan fingerprint density at radius 1 is 1.22 bits per heavy atom. The van der Waals surface area contributed by atoms with E-state index in [1.165, 1.54) is 11.1 Å². The Morgan fingerprint density at radius 3 is 2.61 bits per heavy atom. The number of rotatable bonds is 9. The summed E-state index contributed by atoms with van der Waals surface area (Å²) in [5.41, 5.74) is 2.59. The highest BCUT2D eigenvalue weighted by molar-refractivity contribution is 14.0.